The van der Waals surface area contributed by atoms with E-state index < -0.39 is 6.10 Å². The quantitative estimate of drug-likeness (QED) is 0.647. The number of anilines is 1. The molecule has 0 aliphatic carbocycles. The Bertz CT molecular complexity index is 852. The Morgan fingerprint density at radius 3 is 2.92 bits per heavy atom. The summed E-state index contributed by atoms with van der Waals surface area (Å²) in [5.74, 6) is 1.96. The van der Waals surface area contributed by atoms with Crippen LogP contribution >= 0.6 is 0 Å². The zero-order chi connectivity index (χ0) is 17.8. The summed E-state index contributed by atoms with van der Waals surface area (Å²) in [7, 11) is 0. The van der Waals surface area contributed by atoms with Crippen molar-refractivity contribution in [2.24, 2.45) is 0 Å². The zero-order valence-electron chi connectivity index (χ0n) is 14.4. The third-order valence-corrected chi connectivity index (χ3v) is 4.46. The first-order valence-corrected chi connectivity index (χ1v) is 8.77. The number of fused-ring (bicyclic) bond motifs is 1. The topological polar surface area (TPSA) is 96.1 Å². The number of hydrogen-bond donors (Lipinski definition) is 3. The first kappa shape index (κ1) is 16.7. The minimum Gasteiger partial charge on any atom is -0.461 e. The van der Waals surface area contributed by atoms with Gasteiger partial charge >= 0.3 is 0 Å². The van der Waals surface area contributed by atoms with Crippen LogP contribution in [-0.2, 0) is 12.8 Å². The molecule has 134 valence electrons. The number of furan rings is 1. The highest BCUT2D eigenvalue weighted by Gasteiger charge is 2.19. The second-order valence-corrected chi connectivity index (χ2v) is 6.23. The molecule has 26 heavy (non-hydrogen) atoms. The second kappa shape index (κ2) is 7.63. The number of aromatic nitrogens is 3. The summed E-state index contributed by atoms with van der Waals surface area (Å²) in [6.45, 7) is 2.12. The molecule has 0 saturated carbocycles. The first-order chi connectivity index (χ1) is 12.8. The van der Waals surface area contributed by atoms with Gasteiger partial charge in [0, 0.05) is 43.0 Å². The summed E-state index contributed by atoms with van der Waals surface area (Å²) < 4.78 is 5.47. The van der Waals surface area contributed by atoms with Gasteiger partial charge in [-0.2, -0.15) is 0 Å². The van der Waals surface area contributed by atoms with Gasteiger partial charge in [0.15, 0.2) is 11.6 Å². The lowest BCUT2D eigenvalue weighted by Gasteiger charge is -2.16. The fraction of sp³-hybridized carbons (Fsp3) is 0.316. The molecule has 1 aliphatic rings. The molecule has 1 aliphatic heterocycles. The smallest absolute Gasteiger partial charge is 0.197 e. The van der Waals surface area contributed by atoms with Crippen molar-refractivity contribution in [3.8, 4) is 11.6 Å². The normalized spacial score (nSPS) is 15.1. The average Bonchev–Trinajstić information content (AvgIpc) is 3.12. The van der Waals surface area contributed by atoms with E-state index in [0.717, 1.165) is 48.6 Å². The lowest BCUT2D eigenvalue weighted by atomic mass is 10.1. The number of aliphatic hydroxyl groups excluding tert-OH is 1. The van der Waals surface area contributed by atoms with Gasteiger partial charge in [-0.15, -0.1) is 0 Å². The highest BCUT2D eigenvalue weighted by Crippen LogP contribution is 2.25. The van der Waals surface area contributed by atoms with Crippen molar-refractivity contribution >= 4 is 5.82 Å². The molecule has 3 aromatic heterocycles. The molecule has 7 heteroatoms. The molecule has 0 radical (unpaired) electrons. The van der Waals surface area contributed by atoms with Gasteiger partial charge in [0.2, 0.25) is 0 Å². The fourth-order valence-corrected chi connectivity index (χ4v) is 3.09. The van der Waals surface area contributed by atoms with Gasteiger partial charge in [-0.25, -0.2) is 9.97 Å². The van der Waals surface area contributed by atoms with Gasteiger partial charge in [0.1, 0.15) is 5.82 Å². The van der Waals surface area contributed by atoms with E-state index in [1.165, 1.54) is 0 Å². The Morgan fingerprint density at radius 1 is 1.19 bits per heavy atom. The van der Waals surface area contributed by atoms with E-state index in [9.17, 15) is 5.11 Å². The van der Waals surface area contributed by atoms with E-state index >= 15 is 0 Å². The van der Waals surface area contributed by atoms with Gasteiger partial charge in [-0.1, -0.05) is 6.07 Å². The van der Waals surface area contributed by atoms with E-state index in [1.807, 2.05) is 24.3 Å². The van der Waals surface area contributed by atoms with Crippen LogP contribution in [0.5, 0.6) is 0 Å². The summed E-state index contributed by atoms with van der Waals surface area (Å²) in [4.78, 5) is 13.4. The molecule has 0 fully saturated rings. The maximum absolute atomic E-state index is 10.4. The molecule has 3 aromatic rings. The molecule has 1 atom stereocenters. The Kier molecular flexibility index (Phi) is 4.90. The van der Waals surface area contributed by atoms with Gasteiger partial charge < -0.3 is 20.2 Å². The largest absolute Gasteiger partial charge is 0.461 e. The van der Waals surface area contributed by atoms with Crippen LogP contribution < -0.4 is 10.6 Å². The van der Waals surface area contributed by atoms with Gasteiger partial charge in [-0.3, -0.25) is 4.98 Å². The van der Waals surface area contributed by atoms with Gasteiger partial charge in [-0.05, 0) is 31.2 Å². The van der Waals surface area contributed by atoms with Crippen LogP contribution in [0.1, 0.15) is 22.9 Å². The van der Waals surface area contributed by atoms with Crippen LogP contribution in [0.15, 0.2) is 47.3 Å². The first-order valence-electron chi connectivity index (χ1n) is 8.77. The van der Waals surface area contributed by atoms with Crippen molar-refractivity contribution in [1.82, 2.24) is 20.3 Å². The standard InChI is InChI=1S/C19H21N5O2/c25-16(13-3-1-7-21-11-13)12-22-18-14-5-8-20-9-6-15(14)23-19(24-18)17-4-2-10-26-17/h1-4,7,10-11,16,20,25H,5-6,8-9,12H2,(H,22,23,24). The maximum atomic E-state index is 10.4. The summed E-state index contributed by atoms with van der Waals surface area (Å²) >= 11 is 0. The molecule has 4 heterocycles. The third-order valence-electron chi connectivity index (χ3n) is 4.46. The van der Waals surface area contributed by atoms with Crippen molar-refractivity contribution in [3.05, 3.63) is 59.7 Å². The number of nitrogens with zero attached hydrogens (tertiary/aromatic N) is 3. The van der Waals surface area contributed by atoms with Crippen molar-refractivity contribution in [1.29, 1.82) is 0 Å². The number of nitrogens with one attached hydrogen (secondary N) is 2. The Morgan fingerprint density at radius 2 is 2.12 bits per heavy atom. The van der Waals surface area contributed by atoms with Crippen LogP contribution in [0.3, 0.4) is 0 Å². The summed E-state index contributed by atoms with van der Waals surface area (Å²) in [6, 6.07) is 7.35. The van der Waals surface area contributed by atoms with Crippen molar-refractivity contribution in [3.63, 3.8) is 0 Å². The number of pyridine rings is 1. The molecule has 0 aromatic carbocycles. The molecule has 0 saturated heterocycles. The molecule has 3 N–H and O–H groups in total. The number of hydrogen-bond acceptors (Lipinski definition) is 7. The van der Waals surface area contributed by atoms with Crippen molar-refractivity contribution < 1.29 is 9.52 Å². The molecule has 0 spiro atoms. The van der Waals surface area contributed by atoms with Crippen LogP contribution in [0, 0.1) is 0 Å². The van der Waals surface area contributed by atoms with E-state index in [2.05, 4.69) is 20.6 Å². The second-order valence-electron chi connectivity index (χ2n) is 6.23. The number of aliphatic hydroxyl groups is 1. The van der Waals surface area contributed by atoms with Crippen LogP contribution in [-0.4, -0.2) is 39.7 Å². The van der Waals surface area contributed by atoms with Crippen molar-refractivity contribution in [2.75, 3.05) is 25.0 Å². The summed E-state index contributed by atoms with van der Waals surface area (Å²) in [5.41, 5.74) is 2.89. The maximum Gasteiger partial charge on any atom is 0.197 e. The molecule has 7 nitrogen and oxygen atoms in total. The SMILES string of the molecule is OC(CNc1nc(-c2ccco2)nc2c1CCNCC2)c1cccnc1. The fourth-order valence-electron chi connectivity index (χ4n) is 3.09. The molecule has 0 bridgehead atoms. The molecular formula is C19H21N5O2. The molecule has 0 amide bonds. The Hall–Kier alpha value is -2.77. The van der Waals surface area contributed by atoms with Crippen LogP contribution in [0.2, 0.25) is 0 Å². The van der Waals surface area contributed by atoms with Crippen LogP contribution in [0.4, 0.5) is 5.82 Å². The molecule has 1 unspecified atom stereocenters. The summed E-state index contributed by atoms with van der Waals surface area (Å²) in [6.07, 6.45) is 6.00. The Labute approximate surface area is 151 Å². The van der Waals surface area contributed by atoms with Crippen LogP contribution in [0.25, 0.3) is 11.6 Å². The Balaban J connectivity index is 1.62. The minimum atomic E-state index is -0.662. The van der Waals surface area contributed by atoms with E-state index in [-0.39, 0.29) is 0 Å². The van der Waals surface area contributed by atoms with Gasteiger partial charge in [0.05, 0.1) is 18.1 Å². The number of rotatable bonds is 5. The van der Waals surface area contributed by atoms with Crippen molar-refractivity contribution in [2.45, 2.75) is 18.9 Å². The lowest BCUT2D eigenvalue weighted by molar-refractivity contribution is 0.191. The lowest BCUT2D eigenvalue weighted by Crippen LogP contribution is -2.17. The van der Waals surface area contributed by atoms with E-state index in [0.29, 0.717) is 18.1 Å². The average molecular weight is 351 g/mol. The predicted molar refractivity (Wildman–Crippen MR) is 97.7 cm³/mol. The highest BCUT2D eigenvalue weighted by molar-refractivity contribution is 5.56. The minimum absolute atomic E-state index is 0.347. The van der Waals surface area contributed by atoms with E-state index in [1.54, 1.807) is 18.7 Å². The predicted octanol–water partition coefficient (Wildman–Crippen LogP) is 1.97. The van der Waals surface area contributed by atoms with Gasteiger partial charge in [0.25, 0.3) is 0 Å². The molecular weight excluding hydrogens is 330 g/mol. The molecule has 4 rings (SSSR count). The monoisotopic (exact) mass is 351 g/mol. The van der Waals surface area contributed by atoms with E-state index in [4.69, 9.17) is 9.40 Å². The summed E-state index contributed by atoms with van der Waals surface area (Å²) in [5, 5.41) is 17.1. The zero-order valence-corrected chi connectivity index (χ0v) is 14.4. The highest BCUT2D eigenvalue weighted by atomic mass is 16.3. The third kappa shape index (κ3) is 3.58.